The van der Waals surface area contributed by atoms with E-state index in [4.69, 9.17) is 9.26 Å². The molecule has 0 aliphatic carbocycles. The van der Waals surface area contributed by atoms with Gasteiger partial charge in [-0.3, -0.25) is 4.79 Å². The van der Waals surface area contributed by atoms with Crippen LogP contribution in [0.2, 0.25) is 0 Å². The minimum absolute atomic E-state index is 0. The fourth-order valence-electron chi connectivity index (χ4n) is 3.54. The van der Waals surface area contributed by atoms with Gasteiger partial charge < -0.3 is 19.5 Å². The van der Waals surface area contributed by atoms with Gasteiger partial charge in [-0.15, -0.1) is 12.4 Å². The van der Waals surface area contributed by atoms with Gasteiger partial charge in [-0.2, -0.15) is 0 Å². The third kappa shape index (κ3) is 5.49. The molecule has 1 aromatic heterocycles. The number of carbonyl (C=O) groups is 1. The predicted octanol–water partition coefficient (Wildman–Crippen LogP) is 3.75. The summed E-state index contributed by atoms with van der Waals surface area (Å²) in [4.78, 5) is 14.8. The first-order valence-electron chi connectivity index (χ1n) is 9.67. The van der Waals surface area contributed by atoms with E-state index in [1.165, 1.54) is 6.42 Å². The Morgan fingerprint density at radius 2 is 2.07 bits per heavy atom. The van der Waals surface area contributed by atoms with Crippen molar-refractivity contribution < 1.29 is 14.1 Å². The van der Waals surface area contributed by atoms with Crippen LogP contribution in [0.25, 0.3) is 0 Å². The van der Waals surface area contributed by atoms with Crippen molar-refractivity contribution in [2.75, 3.05) is 26.7 Å². The molecule has 0 bridgehead atoms. The van der Waals surface area contributed by atoms with Gasteiger partial charge in [0, 0.05) is 18.7 Å². The van der Waals surface area contributed by atoms with E-state index in [9.17, 15) is 4.79 Å². The normalized spacial score (nSPS) is 14.6. The standard InChI is InChI=1S/C21H29N3O3.ClH/c1-15-20(16(2)27-23-15)14-26-19-6-4-5-18(13-19)21(25)24-11-8-17(9-12-24)7-10-22-3;/h4-6,13,17,22H,7-12,14H2,1-3H3;1H. The van der Waals surface area contributed by atoms with Crippen LogP contribution in [-0.2, 0) is 6.61 Å². The third-order valence-electron chi connectivity index (χ3n) is 5.35. The minimum atomic E-state index is 0. The van der Waals surface area contributed by atoms with Crippen molar-refractivity contribution in [2.24, 2.45) is 5.92 Å². The van der Waals surface area contributed by atoms with Crippen molar-refractivity contribution in [3.05, 3.63) is 46.8 Å². The van der Waals surface area contributed by atoms with E-state index in [0.29, 0.717) is 23.8 Å². The van der Waals surface area contributed by atoms with Crippen LogP contribution in [0.5, 0.6) is 5.75 Å². The van der Waals surface area contributed by atoms with E-state index < -0.39 is 0 Å². The molecule has 1 aliphatic rings. The molecule has 6 nitrogen and oxygen atoms in total. The van der Waals surface area contributed by atoms with Gasteiger partial charge in [0.1, 0.15) is 18.1 Å². The highest BCUT2D eigenvalue weighted by molar-refractivity contribution is 5.94. The van der Waals surface area contributed by atoms with E-state index in [0.717, 1.165) is 49.5 Å². The van der Waals surface area contributed by atoms with Gasteiger partial charge >= 0.3 is 0 Å². The highest BCUT2D eigenvalue weighted by Crippen LogP contribution is 2.23. The Morgan fingerprint density at radius 1 is 1.32 bits per heavy atom. The Bertz CT molecular complexity index is 751. The number of ether oxygens (including phenoxy) is 1. The van der Waals surface area contributed by atoms with Crippen LogP contribution in [0, 0.1) is 19.8 Å². The van der Waals surface area contributed by atoms with E-state index >= 15 is 0 Å². The molecular formula is C21H30ClN3O3. The average molecular weight is 408 g/mol. The first-order chi connectivity index (χ1) is 13.1. The van der Waals surface area contributed by atoms with Crippen LogP contribution in [0.15, 0.2) is 28.8 Å². The molecule has 1 amide bonds. The fraction of sp³-hybridized carbons (Fsp3) is 0.524. The molecular weight excluding hydrogens is 378 g/mol. The highest BCUT2D eigenvalue weighted by atomic mass is 35.5. The molecule has 0 spiro atoms. The van der Waals surface area contributed by atoms with Gasteiger partial charge in [0.25, 0.3) is 5.91 Å². The summed E-state index contributed by atoms with van der Waals surface area (Å²) in [5.41, 5.74) is 2.47. The molecule has 0 saturated carbocycles. The summed E-state index contributed by atoms with van der Waals surface area (Å²) in [5, 5.41) is 7.15. The number of carbonyl (C=O) groups excluding carboxylic acids is 1. The fourth-order valence-corrected chi connectivity index (χ4v) is 3.54. The smallest absolute Gasteiger partial charge is 0.253 e. The van der Waals surface area contributed by atoms with Crippen molar-refractivity contribution in [3.8, 4) is 5.75 Å². The average Bonchev–Trinajstić information content (AvgIpc) is 3.02. The Balaban J connectivity index is 0.00000280. The largest absolute Gasteiger partial charge is 0.489 e. The Labute approximate surface area is 173 Å². The Kier molecular flexibility index (Phi) is 8.33. The molecule has 0 radical (unpaired) electrons. The summed E-state index contributed by atoms with van der Waals surface area (Å²) in [6.07, 6.45) is 3.34. The number of nitrogens with one attached hydrogen (secondary N) is 1. The number of likely N-dealkylation sites (tertiary alicyclic amines) is 1. The number of piperidine rings is 1. The second-order valence-corrected chi connectivity index (χ2v) is 7.25. The molecule has 28 heavy (non-hydrogen) atoms. The minimum Gasteiger partial charge on any atom is -0.489 e. The number of aromatic nitrogens is 1. The topological polar surface area (TPSA) is 67.6 Å². The van der Waals surface area contributed by atoms with Crippen LogP contribution in [0.4, 0.5) is 0 Å². The number of nitrogens with zero attached hydrogens (tertiary/aromatic N) is 2. The molecule has 2 heterocycles. The zero-order valence-electron chi connectivity index (χ0n) is 16.9. The number of aryl methyl sites for hydroxylation is 2. The molecule has 1 N–H and O–H groups in total. The molecule has 3 rings (SSSR count). The summed E-state index contributed by atoms with van der Waals surface area (Å²) in [5.74, 6) is 2.25. The summed E-state index contributed by atoms with van der Waals surface area (Å²) in [6, 6.07) is 7.43. The maximum atomic E-state index is 12.8. The maximum absolute atomic E-state index is 12.8. The van der Waals surface area contributed by atoms with Crippen molar-refractivity contribution >= 4 is 18.3 Å². The van der Waals surface area contributed by atoms with Gasteiger partial charge in [0.15, 0.2) is 0 Å². The zero-order valence-corrected chi connectivity index (χ0v) is 17.7. The van der Waals surface area contributed by atoms with Crippen molar-refractivity contribution in [2.45, 2.75) is 39.7 Å². The van der Waals surface area contributed by atoms with Crippen LogP contribution in [-0.4, -0.2) is 42.6 Å². The molecule has 154 valence electrons. The SMILES string of the molecule is CNCCC1CCN(C(=O)c2cccc(OCc3c(C)noc3C)c2)CC1.Cl. The molecule has 2 aromatic rings. The quantitative estimate of drug-likeness (QED) is 0.756. The summed E-state index contributed by atoms with van der Waals surface area (Å²) < 4.78 is 11.0. The molecule has 0 unspecified atom stereocenters. The molecule has 1 fully saturated rings. The second kappa shape index (κ2) is 10.5. The monoisotopic (exact) mass is 407 g/mol. The lowest BCUT2D eigenvalue weighted by Crippen LogP contribution is -2.38. The summed E-state index contributed by atoms with van der Waals surface area (Å²) in [6.45, 7) is 6.86. The summed E-state index contributed by atoms with van der Waals surface area (Å²) >= 11 is 0. The van der Waals surface area contributed by atoms with Crippen molar-refractivity contribution in [3.63, 3.8) is 0 Å². The number of halogens is 1. The molecule has 1 aliphatic heterocycles. The van der Waals surface area contributed by atoms with E-state index in [1.54, 1.807) is 0 Å². The van der Waals surface area contributed by atoms with Gasteiger partial charge in [-0.05, 0) is 70.8 Å². The molecule has 1 saturated heterocycles. The number of hydrogen-bond donors (Lipinski definition) is 1. The third-order valence-corrected chi connectivity index (χ3v) is 5.35. The van der Waals surface area contributed by atoms with Crippen LogP contribution in [0.3, 0.4) is 0 Å². The van der Waals surface area contributed by atoms with Gasteiger partial charge in [-0.1, -0.05) is 11.2 Å². The number of hydrogen-bond acceptors (Lipinski definition) is 5. The maximum Gasteiger partial charge on any atom is 0.253 e. The van der Waals surface area contributed by atoms with Crippen LogP contribution < -0.4 is 10.1 Å². The van der Waals surface area contributed by atoms with E-state index in [1.807, 2.05) is 50.1 Å². The van der Waals surface area contributed by atoms with Gasteiger partial charge in [0.2, 0.25) is 0 Å². The first kappa shape index (κ1) is 22.2. The number of amides is 1. The Hall–Kier alpha value is -2.05. The molecule has 7 heteroatoms. The second-order valence-electron chi connectivity index (χ2n) is 7.25. The van der Waals surface area contributed by atoms with Gasteiger partial charge in [0.05, 0.1) is 11.3 Å². The lowest BCUT2D eigenvalue weighted by molar-refractivity contribution is 0.0686. The van der Waals surface area contributed by atoms with E-state index in [-0.39, 0.29) is 18.3 Å². The predicted molar refractivity (Wildman–Crippen MR) is 111 cm³/mol. The zero-order chi connectivity index (χ0) is 19.2. The van der Waals surface area contributed by atoms with Crippen LogP contribution >= 0.6 is 12.4 Å². The lowest BCUT2D eigenvalue weighted by atomic mass is 9.93. The first-order valence-corrected chi connectivity index (χ1v) is 9.67. The van der Waals surface area contributed by atoms with Crippen LogP contribution in [0.1, 0.15) is 46.6 Å². The molecule has 1 aromatic carbocycles. The van der Waals surface area contributed by atoms with Crippen molar-refractivity contribution in [1.29, 1.82) is 0 Å². The highest BCUT2D eigenvalue weighted by Gasteiger charge is 2.23. The van der Waals surface area contributed by atoms with Gasteiger partial charge in [-0.25, -0.2) is 0 Å². The summed E-state index contributed by atoms with van der Waals surface area (Å²) in [7, 11) is 1.99. The Morgan fingerprint density at radius 3 is 2.71 bits per heavy atom. The lowest BCUT2D eigenvalue weighted by Gasteiger charge is -2.32. The number of benzene rings is 1. The molecule has 0 atom stereocenters. The van der Waals surface area contributed by atoms with E-state index in [2.05, 4.69) is 10.5 Å². The van der Waals surface area contributed by atoms with Crippen molar-refractivity contribution in [1.82, 2.24) is 15.4 Å². The number of rotatable bonds is 7.